The van der Waals surface area contributed by atoms with Crippen molar-refractivity contribution in [1.29, 1.82) is 0 Å². The first-order valence-corrected chi connectivity index (χ1v) is 7.72. The Hall–Kier alpha value is -2.24. The molecular weight excluding hydrogens is 298 g/mol. The smallest absolute Gasteiger partial charge is 0.342 e. The molecule has 1 aliphatic rings. The Labute approximate surface area is 136 Å². The van der Waals surface area contributed by atoms with Gasteiger partial charge < -0.3 is 19.1 Å². The Morgan fingerprint density at radius 2 is 1.87 bits per heavy atom. The minimum Gasteiger partial charge on any atom is -0.497 e. The average molecular weight is 321 g/mol. The molecule has 6 nitrogen and oxygen atoms in total. The number of benzene rings is 1. The van der Waals surface area contributed by atoms with Gasteiger partial charge in [0.2, 0.25) is 0 Å². The molecule has 0 spiro atoms. The lowest BCUT2D eigenvalue weighted by atomic mass is 9.99. The molecule has 1 saturated heterocycles. The van der Waals surface area contributed by atoms with E-state index in [-0.39, 0.29) is 18.1 Å². The maximum Gasteiger partial charge on any atom is 0.342 e. The number of hydrogen-bond acceptors (Lipinski definition) is 5. The summed E-state index contributed by atoms with van der Waals surface area (Å²) in [6.07, 6.45) is 1.98. The second-order valence-corrected chi connectivity index (χ2v) is 5.71. The number of hydrogen-bond donors (Lipinski definition) is 0. The van der Waals surface area contributed by atoms with E-state index in [0.717, 1.165) is 25.9 Å². The molecule has 126 valence electrons. The molecule has 1 aromatic carbocycles. The van der Waals surface area contributed by atoms with Gasteiger partial charge in [-0.3, -0.25) is 4.79 Å². The van der Waals surface area contributed by atoms with Crippen molar-refractivity contribution < 1.29 is 23.8 Å². The van der Waals surface area contributed by atoms with Crippen LogP contribution < -0.4 is 9.47 Å². The van der Waals surface area contributed by atoms with Gasteiger partial charge in [0.1, 0.15) is 17.1 Å². The van der Waals surface area contributed by atoms with Crippen LogP contribution in [-0.4, -0.2) is 50.7 Å². The number of piperidine rings is 1. The molecule has 1 heterocycles. The standard InChI is InChI=1S/C17H23NO5/c1-12-6-8-18(9-7-12)16(19)11-23-17(20)14-5-4-13(21-2)10-15(14)22-3/h4-5,10,12H,6-9,11H2,1-3H3. The van der Waals surface area contributed by atoms with Gasteiger partial charge in [-0.25, -0.2) is 4.79 Å². The van der Waals surface area contributed by atoms with Gasteiger partial charge in [-0.2, -0.15) is 0 Å². The third-order valence-corrected chi connectivity index (χ3v) is 4.09. The molecule has 1 aliphatic heterocycles. The number of carbonyl (C=O) groups is 2. The SMILES string of the molecule is COc1ccc(C(=O)OCC(=O)N2CCC(C)CC2)c(OC)c1. The maximum atomic E-state index is 12.1. The third kappa shape index (κ3) is 4.37. The van der Waals surface area contributed by atoms with E-state index in [1.54, 1.807) is 23.1 Å². The highest BCUT2D eigenvalue weighted by Crippen LogP contribution is 2.25. The van der Waals surface area contributed by atoms with Crippen LogP contribution in [0, 0.1) is 5.92 Å². The Morgan fingerprint density at radius 1 is 1.17 bits per heavy atom. The van der Waals surface area contributed by atoms with Gasteiger partial charge in [0, 0.05) is 19.2 Å². The van der Waals surface area contributed by atoms with Crippen LogP contribution in [-0.2, 0) is 9.53 Å². The lowest BCUT2D eigenvalue weighted by molar-refractivity contribution is -0.135. The number of amides is 1. The van der Waals surface area contributed by atoms with Gasteiger partial charge in [-0.15, -0.1) is 0 Å². The molecule has 0 aliphatic carbocycles. The highest BCUT2D eigenvalue weighted by atomic mass is 16.5. The van der Waals surface area contributed by atoms with Crippen molar-refractivity contribution in [2.24, 2.45) is 5.92 Å². The molecule has 2 rings (SSSR count). The summed E-state index contributed by atoms with van der Waals surface area (Å²) in [5.41, 5.74) is 0.272. The fourth-order valence-electron chi connectivity index (χ4n) is 2.52. The van der Waals surface area contributed by atoms with Crippen LogP contribution in [0.4, 0.5) is 0 Å². The number of rotatable bonds is 5. The summed E-state index contributed by atoms with van der Waals surface area (Å²) < 4.78 is 15.4. The topological polar surface area (TPSA) is 65.1 Å². The number of nitrogens with zero attached hydrogens (tertiary/aromatic N) is 1. The zero-order chi connectivity index (χ0) is 16.8. The van der Waals surface area contributed by atoms with E-state index < -0.39 is 5.97 Å². The molecule has 0 N–H and O–H groups in total. The second kappa shape index (κ2) is 7.85. The Kier molecular flexibility index (Phi) is 5.84. The predicted octanol–water partition coefficient (Wildman–Crippen LogP) is 2.12. The number of esters is 1. The van der Waals surface area contributed by atoms with Gasteiger partial charge in [-0.05, 0) is 30.9 Å². The van der Waals surface area contributed by atoms with Gasteiger partial charge in [0.05, 0.1) is 14.2 Å². The molecule has 0 radical (unpaired) electrons. The highest BCUT2D eigenvalue weighted by molar-refractivity contribution is 5.94. The summed E-state index contributed by atoms with van der Waals surface area (Å²) in [6, 6.07) is 4.81. The van der Waals surface area contributed by atoms with E-state index in [1.807, 2.05) is 0 Å². The second-order valence-electron chi connectivity index (χ2n) is 5.71. The fraction of sp³-hybridized carbons (Fsp3) is 0.529. The van der Waals surface area contributed by atoms with Crippen LogP contribution >= 0.6 is 0 Å². The number of ether oxygens (including phenoxy) is 3. The quantitative estimate of drug-likeness (QED) is 0.777. The largest absolute Gasteiger partial charge is 0.497 e. The minimum atomic E-state index is -0.580. The summed E-state index contributed by atoms with van der Waals surface area (Å²) in [7, 11) is 3.00. The summed E-state index contributed by atoms with van der Waals surface area (Å²) in [6.45, 7) is 3.38. The van der Waals surface area contributed by atoms with E-state index in [2.05, 4.69) is 6.92 Å². The highest BCUT2D eigenvalue weighted by Gasteiger charge is 2.22. The number of carbonyl (C=O) groups excluding carboxylic acids is 2. The van der Waals surface area contributed by atoms with Gasteiger partial charge >= 0.3 is 5.97 Å². The van der Waals surface area contributed by atoms with Crippen molar-refractivity contribution in [3.05, 3.63) is 23.8 Å². The average Bonchev–Trinajstić information content (AvgIpc) is 2.59. The first kappa shape index (κ1) is 17.1. The van der Waals surface area contributed by atoms with Crippen LogP contribution in [0.15, 0.2) is 18.2 Å². The number of likely N-dealkylation sites (tertiary alicyclic amines) is 1. The number of methoxy groups -OCH3 is 2. The van der Waals surface area contributed by atoms with Gasteiger partial charge in [0.25, 0.3) is 5.91 Å². The summed E-state index contributed by atoms with van der Waals surface area (Å²) in [5.74, 6) is 0.844. The fourth-order valence-corrected chi connectivity index (χ4v) is 2.52. The van der Waals surface area contributed by atoms with Crippen molar-refractivity contribution in [1.82, 2.24) is 4.90 Å². The molecule has 0 bridgehead atoms. The Balaban J connectivity index is 1.93. The summed E-state index contributed by atoms with van der Waals surface area (Å²) in [4.78, 5) is 26.0. The maximum absolute atomic E-state index is 12.1. The lowest BCUT2D eigenvalue weighted by Crippen LogP contribution is -2.40. The Morgan fingerprint density at radius 3 is 2.48 bits per heavy atom. The van der Waals surface area contributed by atoms with Crippen LogP contribution in [0.25, 0.3) is 0 Å². The van der Waals surface area contributed by atoms with E-state index in [0.29, 0.717) is 17.4 Å². The molecular formula is C17H23NO5. The van der Waals surface area contributed by atoms with Crippen molar-refractivity contribution in [3.63, 3.8) is 0 Å². The van der Waals surface area contributed by atoms with Crippen molar-refractivity contribution in [2.45, 2.75) is 19.8 Å². The molecule has 23 heavy (non-hydrogen) atoms. The summed E-state index contributed by atoms with van der Waals surface area (Å²) >= 11 is 0. The first-order chi connectivity index (χ1) is 11.0. The van der Waals surface area contributed by atoms with Crippen molar-refractivity contribution >= 4 is 11.9 Å². The predicted molar refractivity (Wildman–Crippen MR) is 84.8 cm³/mol. The lowest BCUT2D eigenvalue weighted by Gasteiger charge is -2.30. The van der Waals surface area contributed by atoms with Gasteiger partial charge in [-0.1, -0.05) is 6.92 Å². The zero-order valence-corrected chi connectivity index (χ0v) is 13.8. The minimum absolute atomic E-state index is 0.155. The molecule has 0 aromatic heterocycles. The first-order valence-electron chi connectivity index (χ1n) is 7.72. The van der Waals surface area contributed by atoms with E-state index in [1.165, 1.54) is 14.2 Å². The van der Waals surface area contributed by atoms with Crippen LogP contribution in [0.3, 0.4) is 0 Å². The van der Waals surface area contributed by atoms with E-state index in [9.17, 15) is 9.59 Å². The molecule has 1 fully saturated rings. The molecule has 0 atom stereocenters. The summed E-state index contributed by atoms with van der Waals surface area (Å²) in [5, 5.41) is 0. The molecule has 0 saturated carbocycles. The molecule has 6 heteroatoms. The van der Waals surface area contributed by atoms with Crippen LogP contribution in [0.1, 0.15) is 30.1 Å². The Bertz CT molecular complexity index is 564. The van der Waals surface area contributed by atoms with E-state index >= 15 is 0 Å². The van der Waals surface area contributed by atoms with Crippen molar-refractivity contribution in [3.8, 4) is 11.5 Å². The molecule has 1 aromatic rings. The van der Waals surface area contributed by atoms with Crippen LogP contribution in [0.2, 0.25) is 0 Å². The van der Waals surface area contributed by atoms with Crippen LogP contribution in [0.5, 0.6) is 11.5 Å². The normalized spacial score (nSPS) is 15.2. The molecule has 0 unspecified atom stereocenters. The van der Waals surface area contributed by atoms with Gasteiger partial charge in [0.15, 0.2) is 6.61 Å². The van der Waals surface area contributed by atoms with E-state index in [4.69, 9.17) is 14.2 Å². The zero-order valence-electron chi connectivity index (χ0n) is 13.8. The molecule has 1 amide bonds. The monoisotopic (exact) mass is 321 g/mol. The third-order valence-electron chi connectivity index (χ3n) is 4.09. The van der Waals surface area contributed by atoms with Crippen molar-refractivity contribution in [2.75, 3.05) is 33.9 Å².